The molecule has 21 heavy (non-hydrogen) atoms. The minimum Gasteiger partial charge on any atom is -0.353 e. The summed E-state index contributed by atoms with van der Waals surface area (Å²) in [6, 6.07) is 0.173. The lowest BCUT2D eigenvalue weighted by molar-refractivity contribution is -0.180. The van der Waals surface area contributed by atoms with E-state index in [4.69, 9.17) is 0 Å². The molecule has 1 heterocycles. The predicted octanol–water partition coefficient (Wildman–Crippen LogP) is 1.52. The summed E-state index contributed by atoms with van der Waals surface area (Å²) in [5, 5.41) is 5.55. The summed E-state index contributed by atoms with van der Waals surface area (Å²) in [7, 11) is 0. The van der Waals surface area contributed by atoms with Crippen LogP contribution in [0.15, 0.2) is 0 Å². The van der Waals surface area contributed by atoms with Crippen molar-refractivity contribution >= 4 is 5.91 Å². The number of amides is 1. The molecular formula is C14H24F3N3O. The minimum atomic E-state index is -4.17. The Morgan fingerprint density at radius 2 is 2.00 bits per heavy atom. The molecule has 1 aliphatic heterocycles. The number of nitrogens with one attached hydrogen (secondary N) is 2. The fraction of sp³-hybridized carbons (Fsp3) is 0.929. The van der Waals surface area contributed by atoms with Gasteiger partial charge in [-0.15, -0.1) is 0 Å². The molecule has 2 fully saturated rings. The first kappa shape index (κ1) is 16.5. The van der Waals surface area contributed by atoms with Crippen molar-refractivity contribution in [1.29, 1.82) is 0 Å². The Labute approximate surface area is 123 Å². The molecule has 0 aromatic rings. The molecule has 0 aromatic heterocycles. The van der Waals surface area contributed by atoms with Crippen LogP contribution >= 0.6 is 0 Å². The van der Waals surface area contributed by atoms with E-state index in [0.717, 1.165) is 13.1 Å². The van der Waals surface area contributed by atoms with Crippen molar-refractivity contribution in [3.8, 4) is 0 Å². The van der Waals surface area contributed by atoms with Gasteiger partial charge in [0.25, 0.3) is 0 Å². The van der Waals surface area contributed by atoms with E-state index in [1.54, 1.807) is 0 Å². The largest absolute Gasteiger partial charge is 0.393 e. The van der Waals surface area contributed by atoms with Gasteiger partial charge in [0.1, 0.15) is 0 Å². The molecule has 2 unspecified atom stereocenters. The predicted molar refractivity (Wildman–Crippen MR) is 73.8 cm³/mol. The first-order valence-electron chi connectivity index (χ1n) is 7.73. The molecule has 1 amide bonds. The highest BCUT2D eigenvalue weighted by atomic mass is 19.4. The lowest BCUT2D eigenvalue weighted by atomic mass is 9.94. The van der Waals surface area contributed by atoms with E-state index in [2.05, 4.69) is 22.5 Å². The van der Waals surface area contributed by atoms with Gasteiger partial charge in [-0.2, -0.15) is 13.2 Å². The quantitative estimate of drug-likeness (QED) is 0.782. The van der Waals surface area contributed by atoms with E-state index in [1.807, 2.05) is 0 Å². The highest BCUT2D eigenvalue weighted by Gasteiger charge is 2.42. The smallest absolute Gasteiger partial charge is 0.353 e. The molecule has 0 spiro atoms. The van der Waals surface area contributed by atoms with Gasteiger partial charge < -0.3 is 10.6 Å². The number of halogens is 3. The van der Waals surface area contributed by atoms with Gasteiger partial charge in [0.2, 0.25) is 5.91 Å². The molecular weight excluding hydrogens is 283 g/mol. The molecule has 4 nitrogen and oxygen atoms in total. The van der Waals surface area contributed by atoms with Gasteiger partial charge in [0.05, 0.1) is 12.0 Å². The van der Waals surface area contributed by atoms with Crippen LogP contribution in [0.5, 0.6) is 0 Å². The second-order valence-corrected chi connectivity index (χ2v) is 5.93. The lowest BCUT2D eigenvalue weighted by Crippen LogP contribution is -2.52. The van der Waals surface area contributed by atoms with Crippen molar-refractivity contribution < 1.29 is 18.0 Å². The summed E-state index contributed by atoms with van der Waals surface area (Å²) in [5.41, 5.74) is 0. The van der Waals surface area contributed by atoms with Crippen molar-refractivity contribution in [2.45, 2.75) is 50.9 Å². The maximum absolute atomic E-state index is 12.5. The second-order valence-electron chi connectivity index (χ2n) is 5.93. The highest BCUT2D eigenvalue weighted by molar-refractivity contribution is 5.81. The van der Waals surface area contributed by atoms with Crippen LogP contribution in [0.25, 0.3) is 0 Å². The topological polar surface area (TPSA) is 44.4 Å². The van der Waals surface area contributed by atoms with Crippen molar-refractivity contribution in [2.75, 3.05) is 26.2 Å². The average Bonchev–Trinajstić information content (AvgIpc) is 3.27. The summed E-state index contributed by atoms with van der Waals surface area (Å²) in [6.07, 6.45) is -1.44. The normalized spacial score (nSPS) is 26.9. The van der Waals surface area contributed by atoms with Crippen LogP contribution in [0.3, 0.4) is 0 Å². The number of carbonyl (C=O) groups excluding carboxylic acids is 1. The zero-order valence-electron chi connectivity index (χ0n) is 12.4. The van der Waals surface area contributed by atoms with E-state index in [1.165, 1.54) is 12.8 Å². The summed E-state index contributed by atoms with van der Waals surface area (Å²) in [5.74, 6) is -1.51. The number of carbonyl (C=O) groups is 1. The van der Waals surface area contributed by atoms with Gasteiger partial charge in [-0.25, -0.2) is 0 Å². The fourth-order valence-electron chi connectivity index (χ4n) is 2.84. The first-order valence-corrected chi connectivity index (χ1v) is 7.73. The molecule has 1 saturated carbocycles. The van der Waals surface area contributed by atoms with Crippen molar-refractivity contribution in [3.05, 3.63) is 0 Å². The van der Waals surface area contributed by atoms with E-state index in [-0.39, 0.29) is 25.3 Å². The molecule has 122 valence electrons. The molecule has 1 aliphatic carbocycles. The van der Waals surface area contributed by atoms with Crippen LogP contribution in [0.2, 0.25) is 0 Å². The standard InChI is InChI=1S/C14H24F3N3O/c1-2-20(11-4-5-11)8-7-18-13(21)12-6-3-10(9-19-12)14(15,16)17/h10-12,19H,2-9H2,1H3,(H,18,21). The van der Waals surface area contributed by atoms with Gasteiger partial charge >= 0.3 is 6.18 Å². The second kappa shape index (κ2) is 6.96. The third-order valence-corrected chi connectivity index (χ3v) is 4.36. The van der Waals surface area contributed by atoms with Gasteiger partial charge in [-0.05, 0) is 32.2 Å². The number of hydrogen-bond donors (Lipinski definition) is 2. The van der Waals surface area contributed by atoms with Crippen molar-refractivity contribution in [1.82, 2.24) is 15.5 Å². The number of rotatable bonds is 6. The van der Waals surface area contributed by atoms with Crippen LogP contribution in [-0.2, 0) is 4.79 Å². The van der Waals surface area contributed by atoms with E-state index >= 15 is 0 Å². The Bertz CT molecular complexity index is 350. The molecule has 2 rings (SSSR count). The Balaban J connectivity index is 1.65. The molecule has 7 heteroatoms. The summed E-state index contributed by atoms with van der Waals surface area (Å²) in [4.78, 5) is 14.3. The van der Waals surface area contributed by atoms with Crippen molar-refractivity contribution in [2.24, 2.45) is 5.92 Å². The number of likely N-dealkylation sites (N-methyl/N-ethyl adjacent to an activating group) is 1. The van der Waals surface area contributed by atoms with Crippen LogP contribution in [0.1, 0.15) is 32.6 Å². The summed E-state index contributed by atoms with van der Waals surface area (Å²) in [6.45, 7) is 4.27. The lowest BCUT2D eigenvalue weighted by Gasteiger charge is -2.30. The first-order chi connectivity index (χ1) is 9.91. The Morgan fingerprint density at radius 3 is 2.48 bits per heavy atom. The SMILES string of the molecule is CCN(CCNC(=O)C1CCC(C(F)(F)F)CN1)C1CC1. The zero-order valence-corrected chi connectivity index (χ0v) is 12.4. The molecule has 2 atom stereocenters. The number of alkyl halides is 3. The monoisotopic (exact) mass is 307 g/mol. The third kappa shape index (κ3) is 4.85. The maximum atomic E-state index is 12.5. The van der Waals surface area contributed by atoms with Gasteiger partial charge in [0, 0.05) is 25.7 Å². The molecule has 2 N–H and O–H groups in total. The fourth-order valence-corrected chi connectivity index (χ4v) is 2.84. The van der Waals surface area contributed by atoms with E-state index < -0.39 is 18.1 Å². The van der Waals surface area contributed by atoms with Gasteiger partial charge in [-0.1, -0.05) is 6.92 Å². The van der Waals surface area contributed by atoms with Crippen molar-refractivity contribution in [3.63, 3.8) is 0 Å². The van der Waals surface area contributed by atoms with Crippen LogP contribution in [-0.4, -0.2) is 55.2 Å². The zero-order chi connectivity index (χ0) is 15.5. The molecule has 0 bridgehead atoms. The molecule has 2 aliphatic rings. The van der Waals surface area contributed by atoms with Gasteiger partial charge in [-0.3, -0.25) is 9.69 Å². The van der Waals surface area contributed by atoms with Gasteiger partial charge in [0.15, 0.2) is 0 Å². The number of nitrogens with zero attached hydrogens (tertiary/aromatic N) is 1. The van der Waals surface area contributed by atoms with Crippen LogP contribution in [0.4, 0.5) is 13.2 Å². The number of hydrogen-bond acceptors (Lipinski definition) is 3. The number of piperidine rings is 1. The maximum Gasteiger partial charge on any atom is 0.393 e. The average molecular weight is 307 g/mol. The Hall–Kier alpha value is -0.820. The Kier molecular flexibility index (Phi) is 5.48. The highest BCUT2D eigenvalue weighted by Crippen LogP contribution is 2.31. The Morgan fingerprint density at radius 1 is 1.29 bits per heavy atom. The summed E-state index contributed by atoms with van der Waals surface area (Å²) >= 11 is 0. The molecule has 1 saturated heterocycles. The third-order valence-electron chi connectivity index (χ3n) is 4.36. The molecule has 0 aromatic carbocycles. The van der Waals surface area contributed by atoms with E-state index in [0.29, 0.717) is 12.6 Å². The van der Waals surface area contributed by atoms with Crippen LogP contribution < -0.4 is 10.6 Å². The van der Waals surface area contributed by atoms with E-state index in [9.17, 15) is 18.0 Å². The molecule has 0 radical (unpaired) electrons. The summed E-state index contributed by atoms with van der Waals surface area (Å²) < 4.78 is 37.6. The minimum absolute atomic E-state index is 0.0255. The van der Waals surface area contributed by atoms with Crippen LogP contribution in [0, 0.1) is 5.92 Å².